The molecule has 37 heavy (non-hydrogen) atoms. The first-order valence-corrected chi connectivity index (χ1v) is 12.8. The molecular weight excluding hydrogens is 512 g/mol. The van der Waals surface area contributed by atoms with Crippen LogP contribution in [0.3, 0.4) is 0 Å². The monoisotopic (exact) mass is 534 g/mol. The van der Waals surface area contributed by atoms with E-state index in [-0.39, 0.29) is 23.5 Å². The van der Waals surface area contributed by atoms with Crippen LogP contribution in [0.25, 0.3) is 16.8 Å². The van der Waals surface area contributed by atoms with Gasteiger partial charge in [-0.1, -0.05) is 53.3 Å². The van der Waals surface area contributed by atoms with Crippen LogP contribution in [0.15, 0.2) is 75.7 Å². The molecule has 0 aliphatic carbocycles. The quantitative estimate of drug-likeness (QED) is 0.385. The van der Waals surface area contributed by atoms with Gasteiger partial charge in [0, 0.05) is 16.1 Å². The Morgan fingerprint density at radius 3 is 2.76 bits per heavy atom. The number of phenolic OH excluding ortho intramolecular Hbond substituents is 1. The minimum absolute atomic E-state index is 0.00842. The Balaban J connectivity index is 1.86. The van der Waals surface area contributed by atoms with Crippen LogP contribution in [0, 0.1) is 0 Å². The summed E-state index contributed by atoms with van der Waals surface area (Å²) in [5, 5.41) is 12.5. The molecule has 0 spiro atoms. The molecule has 4 aromatic rings. The molecule has 0 radical (unpaired) electrons. The summed E-state index contributed by atoms with van der Waals surface area (Å²) < 4.78 is 13.0. The van der Waals surface area contributed by atoms with Crippen molar-refractivity contribution in [3.63, 3.8) is 0 Å². The number of phenols is 1. The first-order chi connectivity index (χ1) is 17.8. The van der Waals surface area contributed by atoms with E-state index in [1.165, 1.54) is 22.0 Å². The number of aromatic nitrogens is 1. The Hall–Kier alpha value is -3.88. The number of methoxy groups -OCH3 is 1. The largest absolute Gasteiger partial charge is 0.507 e. The van der Waals surface area contributed by atoms with Crippen LogP contribution in [-0.4, -0.2) is 29.4 Å². The molecule has 0 fully saturated rings. The van der Waals surface area contributed by atoms with Gasteiger partial charge in [-0.3, -0.25) is 9.36 Å². The molecule has 5 rings (SSSR count). The van der Waals surface area contributed by atoms with Crippen molar-refractivity contribution >= 4 is 45.8 Å². The van der Waals surface area contributed by atoms with Crippen molar-refractivity contribution in [2.24, 2.45) is 4.99 Å². The smallest absolute Gasteiger partial charge is 0.338 e. The molecule has 1 aliphatic rings. The maximum absolute atomic E-state index is 13.9. The zero-order valence-electron chi connectivity index (χ0n) is 20.3. The van der Waals surface area contributed by atoms with Crippen LogP contribution in [0.1, 0.15) is 31.0 Å². The number of esters is 1. The highest BCUT2D eigenvalue weighted by Gasteiger charge is 2.36. The Morgan fingerprint density at radius 1 is 1.22 bits per heavy atom. The molecule has 1 aliphatic heterocycles. The highest BCUT2D eigenvalue weighted by molar-refractivity contribution is 7.07. The molecule has 3 aromatic carbocycles. The molecule has 9 heteroatoms. The molecule has 1 atom stereocenters. The third-order valence-electron chi connectivity index (χ3n) is 6.22. The van der Waals surface area contributed by atoms with E-state index < -0.39 is 12.0 Å². The average Bonchev–Trinajstić information content (AvgIpc) is 3.19. The minimum atomic E-state index is -0.841. The second kappa shape index (κ2) is 9.88. The fourth-order valence-electron chi connectivity index (χ4n) is 4.58. The van der Waals surface area contributed by atoms with Gasteiger partial charge in [-0.05, 0) is 55.0 Å². The topological polar surface area (TPSA) is 90.1 Å². The summed E-state index contributed by atoms with van der Waals surface area (Å²) in [7, 11) is 1.56. The number of fused-ring (bicyclic) bond motifs is 2. The third kappa shape index (κ3) is 4.32. The van der Waals surface area contributed by atoms with Crippen molar-refractivity contribution in [1.82, 2.24) is 4.57 Å². The van der Waals surface area contributed by atoms with E-state index >= 15 is 0 Å². The predicted molar refractivity (Wildman–Crippen MR) is 144 cm³/mol. The summed E-state index contributed by atoms with van der Waals surface area (Å²) in [5.41, 5.74) is 1.42. The minimum Gasteiger partial charge on any atom is -0.507 e. The predicted octanol–water partition coefficient (Wildman–Crippen LogP) is 4.32. The van der Waals surface area contributed by atoms with E-state index in [4.69, 9.17) is 21.1 Å². The Labute approximate surface area is 221 Å². The second-order valence-corrected chi connectivity index (χ2v) is 9.85. The Kier molecular flexibility index (Phi) is 6.62. The number of halogens is 1. The number of nitrogens with zero attached hydrogens (tertiary/aromatic N) is 2. The van der Waals surface area contributed by atoms with Gasteiger partial charge in [-0.25, -0.2) is 9.79 Å². The maximum atomic E-state index is 13.9. The molecular formula is C28H23ClN2O5S. The van der Waals surface area contributed by atoms with Crippen molar-refractivity contribution < 1.29 is 19.4 Å². The van der Waals surface area contributed by atoms with Crippen LogP contribution in [0.5, 0.6) is 11.5 Å². The maximum Gasteiger partial charge on any atom is 0.338 e. The lowest BCUT2D eigenvalue weighted by molar-refractivity contribution is -0.139. The number of rotatable bonds is 5. The molecule has 188 valence electrons. The van der Waals surface area contributed by atoms with E-state index in [1.54, 1.807) is 39.2 Å². The number of carbonyl (C=O) groups excluding carboxylic acids is 1. The van der Waals surface area contributed by atoms with Gasteiger partial charge in [0.15, 0.2) is 4.80 Å². The first kappa shape index (κ1) is 24.8. The lowest BCUT2D eigenvalue weighted by Crippen LogP contribution is -2.40. The van der Waals surface area contributed by atoms with E-state index in [1.807, 2.05) is 36.4 Å². The third-order valence-corrected chi connectivity index (χ3v) is 7.44. The summed E-state index contributed by atoms with van der Waals surface area (Å²) in [4.78, 5) is 32.2. The summed E-state index contributed by atoms with van der Waals surface area (Å²) in [5.74, 6) is -0.0290. The Morgan fingerprint density at radius 2 is 2.00 bits per heavy atom. The van der Waals surface area contributed by atoms with Gasteiger partial charge < -0.3 is 14.6 Å². The van der Waals surface area contributed by atoms with Gasteiger partial charge in [0.2, 0.25) is 0 Å². The number of carbonyl (C=O) groups is 1. The highest BCUT2D eigenvalue weighted by Crippen LogP contribution is 2.40. The van der Waals surface area contributed by atoms with E-state index in [2.05, 4.69) is 4.99 Å². The number of hydrogen-bond acceptors (Lipinski definition) is 7. The van der Waals surface area contributed by atoms with Crippen LogP contribution in [-0.2, 0) is 9.53 Å². The average molecular weight is 535 g/mol. The van der Waals surface area contributed by atoms with E-state index in [0.717, 1.165) is 10.8 Å². The van der Waals surface area contributed by atoms with Gasteiger partial charge in [0.1, 0.15) is 17.5 Å². The summed E-state index contributed by atoms with van der Waals surface area (Å²) in [6.07, 6.45) is 1.58. The van der Waals surface area contributed by atoms with Crippen LogP contribution in [0.4, 0.5) is 0 Å². The molecule has 1 N–H and O–H groups in total. The molecule has 0 saturated carbocycles. The van der Waals surface area contributed by atoms with Crippen molar-refractivity contribution in [1.29, 1.82) is 0 Å². The van der Waals surface area contributed by atoms with Crippen LogP contribution in [0.2, 0.25) is 5.02 Å². The zero-order valence-corrected chi connectivity index (χ0v) is 21.9. The van der Waals surface area contributed by atoms with Gasteiger partial charge in [0.05, 0.1) is 29.5 Å². The van der Waals surface area contributed by atoms with Gasteiger partial charge in [-0.15, -0.1) is 0 Å². The number of aromatic hydroxyl groups is 1. The lowest BCUT2D eigenvalue weighted by atomic mass is 9.90. The SMILES string of the molecule is CCOC(=O)C1=C(C)N=c2s/c(=C/c3cc(Cl)ccc3O)c(=O)n2[C@H]1c1c(OC)ccc2ccccc12. The molecule has 1 aromatic heterocycles. The number of hydrogen-bond donors (Lipinski definition) is 1. The van der Waals surface area contributed by atoms with Crippen LogP contribution >= 0.6 is 22.9 Å². The zero-order chi connectivity index (χ0) is 26.3. The molecule has 7 nitrogen and oxygen atoms in total. The number of allylic oxidation sites excluding steroid dienone is 1. The van der Waals surface area contributed by atoms with Crippen molar-refractivity contribution in [3.8, 4) is 11.5 Å². The standard InChI is InChI=1S/C28H23ClN2O5S/c1-4-36-27(34)23-15(2)30-28-31(26(33)22(37-28)14-17-13-18(29)10-11-20(17)32)25(23)24-19-8-6-5-7-16(19)9-12-21(24)35-3/h5-14,25,32H,4H2,1-3H3/b22-14+/t25-/m1/s1. The van der Waals surface area contributed by atoms with Gasteiger partial charge >= 0.3 is 5.97 Å². The van der Waals surface area contributed by atoms with Crippen molar-refractivity contribution in [2.75, 3.05) is 13.7 Å². The number of benzene rings is 3. The second-order valence-electron chi connectivity index (χ2n) is 8.41. The first-order valence-electron chi connectivity index (χ1n) is 11.6. The highest BCUT2D eigenvalue weighted by atomic mass is 35.5. The lowest BCUT2D eigenvalue weighted by Gasteiger charge is -2.27. The summed E-state index contributed by atoms with van der Waals surface area (Å²) >= 11 is 7.28. The van der Waals surface area contributed by atoms with Crippen molar-refractivity contribution in [3.05, 3.63) is 102 Å². The van der Waals surface area contributed by atoms with E-state index in [9.17, 15) is 14.7 Å². The summed E-state index contributed by atoms with van der Waals surface area (Å²) in [6.45, 7) is 3.64. The normalized spacial score (nSPS) is 15.5. The van der Waals surface area contributed by atoms with E-state index in [0.29, 0.717) is 36.9 Å². The number of thiazole rings is 1. The number of ether oxygens (including phenoxy) is 2. The molecule has 0 amide bonds. The Bertz CT molecular complexity index is 1770. The fraction of sp³-hybridized carbons (Fsp3) is 0.179. The molecule has 0 saturated heterocycles. The van der Waals surface area contributed by atoms with Gasteiger partial charge in [0.25, 0.3) is 5.56 Å². The van der Waals surface area contributed by atoms with Crippen LogP contribution < -0.4 is 19.6 Å². The molecule has 0 bridgehead atoms. The molecule has 0 unspecified atom stereocenters. The van der Waals surface area contributed by atoms with Gasteiger partial charge in [-0.2, -0.15) is 0 Å². The summed E-state index contributed by atoms with van der Waals surface area (Å²) in [6, 6.07) is 15.3. The van der Waals surface area contributed by atoms with Crippen molar-refractivity contribution in [2.45, 2.75) is 19.9 Å². The fourth-order valence-corrected chi connectivity index (χ4v) is 5.80. The molecule has 2 heterocycles.